The molecule has 0 saturated carbocycles. The summed E-state index contributed by atoms with van der Waals surface area (Å²) in [5.74, 6) is 0.180. The second-order valence-corrected chi connectivity index (χ2v) is 8.11. The second-order valence-electron chi connectivity index (χ2n) is 6.80. The number of hydrogen-bond donors (Lipinski definition) is 2. The second kappa shape index (κ2) is 9.43. The summed E-state index contributed by atoms with van der Waals surface area (Å²) in [4.78, 5) is 28.6. The number of aryl methyl sites for hydroxylation is 2. The molecule has 150 valence electrons. The molecule has 3 rings (SSSR count). The van der Waals surface area contributed by atoms with Crippen LogP contribution in [-0.4, -0.2) is 20.7 Å². The lowest BCUT2D eigenvalue weighted by molar-refractivity contribution is -0.115. The number of carbonyl (C=O) groups excluding carboxylic acids is 1. The molecule has 3 aromatic rings. The van der Waals surface area contributed by atoms with E-state index in [0.29, 0.717) is 17.5 Å². The zero-order valence-corrected chi connectivity index (χ0v) is 17.3. The quantitative estimate of drug-likeness (QED) is 0.461. The summed E-state index contributed by atoms with van der Waals surface area (Å²) in [6.45, 7) is 4.34. The van der Waals surface area contributed by atoms with Crippen molar-refractivity contribution in [1.82, 2.24) is 9.55 Å². The fraction of sp³-hybridized carbons (Fsp3) is 0.227. The van der Waals surface area contributed by atoms with Crippen molar-refractivity contribution in [3.63, 3.8) is 0 Å². The number of benzene rings is 2. The van der Waals surface area contributed by atoms with Crippen LogP contribution < -0.4 is 16.6 Å². The van der Waals surface area contributed by atoms with E-state index >= 15 is 0 Å². The molecule has 1 aromatic heterocycles. The third-order valence-corrected chi connectivity index (χ3v) is 5.55. The predicted octanol–water partition coefficient (Wildman–Crippen LogP) is 3.50. The number of nitrogen functional groups attached to an aromatic ring is 1. The number of aromatic nitrogens is 2. The Morgan fingerprint density at radius 3 is 2.55 bits per heavy atom. The highest BCUT2D eigenvalue weighted by molar-refractivity contribution is 8.00. The van der Waals surface area contributed by atoms with Crippen LogP contribution >= 0.6 is 11.8 Å². The van der Waals surface area contributed by atoms with Crippen molar-refractivity contribution < 1.29 is 4.79 Å². The van der Waals surface area contributed by atoms with Crippen LogP contribution in [0.1, 0.15) is 18.1 Å². The van der Waals surface area contributed by atoms with Gasteiger partial charge in [-0.2, -0.15) is 4.98 Å². The monoisotopic (exact) mass is 408 g/mol. The van der Waals surface area contributed by atoms with Crippen LogP contribution in [0.4, 0.5) is 11.5 Å². The Hall–Kier alpha value is -3.06. The van der Waals surface area contributed by atoms with Gasteiger partial charge in [0.2, 0.25) is 5.91 Å². The van der Waals surface area contributed by atoms with Crippen LogP contribution in [0.5, 0.6) is 0 Å². The van der Waals surface area contributed by atoms with Crippen molar-refractivity contribution in [2.45, 2.75) is 37.2 Å². The van der Waals surface area contributed by atoms with Crippen molar-refractivity contribution >= 4 is 29.2 Å². The summed E-state index contributed by atoms with van der Waals surface area (Å²) in [6.07, 6.45) is 0.743. The third-order valence-electron chi connectivity index (χ3n) is 4.46. The number of hydrogen-bond acceptors (Lipinski definition) is 5. The van der Waals surface area contributed by atoms with E-state index in [1.54, 1.807) is 11.5 Å². The maximum absolute atomic E-state index is 12.6. The number of amides is 1. The normalized spacial score (nSPS) is 11.8. The van der Waals surface area contributed by atoms with Gasteiger partial charge in [0.25, 0.3) is 5.56 Å². The van der Waals surface area contributed by atoms with Gasteiger partial charge in [-0.3, -0.25) is 9.59 Å². The molecule has 0 aliphatic heterocycles. The number of carbonyl (C=O) groups is 1. The number of nitrogens with two attached hydrogens (primary N) is 1. The standard InChI is InChI=1S/C22H24N4O2S/c1-15-8-10-18(11-9-15)24-21(28)16(2)29-22-25-20(27)14-19(23)26(22)13-12-17-6-4-3-5-7-17/h3-11,14,16H,12-13,23H2,1-2H3,(H,24,28)/t16-/m1/s1. The van der Waals surface area contributed by atoms with E-state index in [2.05, 4.69) is 10.3 Å². The fourth-order valence-electron chi connectivity index (χ4n) is 2.79. The van der Waals surface area contributed by atoms with E-state index in [1.165, 1.54) is 17.8 Å². The summed E-state index contributed by atoms with van der Waals surface area (Å²) in [5.41, 5.74) is 8.69. The van der Waals surface area contributed by atoms with E-state index in [4.69, 9.17) is 5.73 Å². The smallest absolute Gasteiger partial charge is 0.275 e. The van der Waals surface area contributed by atoms with E-state index in [-0.39, 0.29) is 5.91 Å². The van der Waals surface area contributed by atoms with Gasteiger partial charge in [-0.15, -0.1) is 0 Å². The molecule has 0 aliphatic rings. The highest BCUT2D eigenvalue weighted by atomic mass is 32.2. The van der Waals surface area contributed by atoms with Crippen molar-refractivity contribution in [1.29, 1.82) is 0 Å². The Labute approximate surface area is 174 Å². The van der Waals surface area contributed by atoms with Crippen molar-refractivity contribution in [3.8, 4) is 0 Å². The van der Waals surface area contributed by atoms with Crippen LogP contribution in [0.3, 0.4) is 0 Å². The van der Waals surface area contributed by atoms with E-state index in [1.807, 2.05) is 61.5 Å². The lowest BCUT2D eigenvalue weighted by Gasteiger charge is -2.17. The van der Waals surface area contributed by atoms with Gasteiger partial charge in [-0.25, -0.2) is 0 Å². The van der Waals surface area contributed by atoms with Crippen LogP contribution in [0, 0.1) is 6.92 Å². The first kappa shape index (κ1) is 20.7. The summed E-state index contributed by atoms with van der Waals surface area (Å²) in [6, 6.07) is 18.9. The predicted molar refractivity (Wildman–Crippen MR) is 118 cm³/mol. The number of nitrogens with zero attached hydrogens (tertiary/aromatic N) is 2. The van der Waals surface area contributed by atoms with Gasteiger partial charge in [0.15, 0.2) is 5.16 Å². The minimum absolute atomic E-state index is 0.162. The maximum Gasteiger partial charge on any atom is 0.275 e. The van der Waals surface area contributed by atoms with Crippen LogP contribution in [0.15, 0.2) is 70.6 Å². The lowest BCUT2D eigenvalue weighted by atomic mass is 10.1. The zero-order chi connectivity index (χ0) is 20.8. The molecule has 29 heavy (non-hydrogen) atoms. The maximum atomic E-state index is 12.6. The minimum Gasteiger partial charge on any atom is -0.385 e. The van der Waals surface area contributed by atoms with Gasteiger partial charge in [-0.1, -0.05) is 59.8 Å². The first-order valence-electron chi connectivity index (χ1n) is 9.38. The molecule has 0 aliphatic carbocycles. The van der Waals surface area contributed by atoms with Gasteiger partial charge < -0.3 is 15.6 Å². The molecule has 0 radical (unpaired) electrons. The summed E-state index contributed by atoms with van der Waals surface area (Å²) in [7, 11) is 0. The molecule has 0 saturated heterocycles. The lowest BCUT2D eigenvalue weighted by Crippen LogP contribution is -2.25. The van der Waals surface area contributed by atoms with Gasteiger partial charge >= 0.3 is 0 Å². The summed E-state index contributed by atoms with van der Waals surface area (Å²) >= 11 is 1.22. The molecular weight excluding hydrogens is 384 g/mol. The molecule has 1 atom stereocenters. The zero-order valence-electron chi connectivity index (χ0n) is 16.5. The average molecular weight is 409 g/mol. The van der Waals surface area contributed by atoms with Crippen molar-refractivity contribution in [3.05, 3.63) is 82.1 Å². The van der Waals surface area contributed by atoms with Gasteiger partial charge in [0, 0.05) is 18.3 Å². The molecule has 1 amide bonds. The largest absolute Gasteiger partial charge is 0.385 e. The molecule has 0 bridgehead atoms. The Bertz CT molecular complexity index is 1030. The number of rotatable bonds is 7. The highest BCUT2D eigenvalue weighted by Crippen LogP contribution is 2.24. The molecule has 0 fully saturated rings. The minimum atomic E-state index is -0.451. The molecule has 0 spiro atoms. The first-order chi connectivity index (χ1) is 13.9. The Morgan fingerprint density at radius 1 is 1.17 bits per heavy atom. The summed E-state index contributed by atoms with van der Waals surface area (Å²) in [5, 5.41) is 2.88. The van der Waals surface area contributed by atoms with Gasteiger partial charge in [-0.05, 0) is 38.0 Å². The summed E-state index contributed by atoms with van der Waals surface area (Å²) < 4.78 is 1.79. The van der Waals surface area contributed by atoms with Crippen LogP contribution in [0.2, 0.25) is 0 Å². The molecule has 1 heterocycles. The average Bonchev–Trinajstić information content (AvgIpc) is 2.69. The van der Waals surface area contributed by atoms with Crippen LogP contribution in [-0.2, 0) is 17.8 Å². The molecule has 3 N–H and O–H groups in total. The topological polar surface area (TPSA) is 90.0 Å². The fourth-order valence-corrected chi connectivity index (χ4v) is 3.74. The molecule has 2 aromatic carbocycles. The SMILES string of the molecule is Cc1ccc(NC(=O)[C@@H](C)Sc2nc(=O)cc(N)n2CCc2ccccc2)cc1. The highest BCUT2D eigenvalue weighted by Gasteiger charge is 2.19. The van der Waals surface area contributed by atoms with E-state index < -0.39 is 10.8 Å². The number of thioether (sulfide) groups is 1. The Balaban J connectivity index is 1.73. The molecule has 0 unspecified atom stereocenters. The third kappa shape index (κ3) is 5.71. The first-order valence-corrected chi connectivity index (χ1v) is 10.3. The van der Waals surface area contributed by atoms with Gasteiger partial charge in [0.05, 0.1) is 5.25 Å². The van der Waals surface area contributed by atoms with Crippen molar-refractivity contribution in [2.24, 2.45) is 0 Å². The number of anilines is 2. The molecule has 6 nitrogen and oxygen atoms in total. The molecular formula is C22H24N4O2S. The number of nitrogens with one attached hydrogen (secondary N) is 1. The molecule has 7 heteroatoms. The Kier molecular flexibility index (Phi) is 6.72. The Morgan fingerprint density at radius 2 is 1.86 bits per heavy atom. The van der Waals surface area contributed by atoms with Crippen molar-refractivity contribution in [2.75, 3.05) is 11.1 Å². The van der Waals surface area contributed by atoms with Gasteiger partial charge in [0.1, 0.15) is 5.82 Å². The van der Waals surface area contributed by atoms with Crippen LogP contribution in [0.25, 0.3) is 0 Å². The van der Waals surface area contributed by atoms with E-state index in [0.717, 1.165) is 23.2 Å². The van der Waals surface area contributed by atoms with E-state index in [9.17, 15) is 9.59 Å².